The van der Waals surface area contributed by atoms with E-state index in [2.05, 4.69) is 5.32 Å². The van der Waals surface area contributed by atoms with Gasteiger partial charge in [-0.3, -0.25) is 4.79 Å². The monoisotopic (exact) mass is 353 g/mol. The van der Waals surface area contributed by atoms with Crippen molar-refractivity contribution < 1.29 is 24.2 Å². The van der Waals surface area contributed by atoms with Crippen molar-refractivity contribution in [1.82, 2.24) is 10.2 Å². The highest BCUT2D eigenvalue weighted by atomic mass is 32.2. The molecule has 1 aromatic rings. The van der Waals surface area contributed by atoms with Crippen molar-refractivity contribution in [3.63, 3.8) is 0 Å². The van der Waals surface area contributed by atoms with Crippen LogP contribution in [0.15, 0.2) is 30.3 Å². The molecule has 0 aliphatic heterocycles. The summed E-state index contributed by atoms with van der Waals surface area (Å²) >= 11 is 1.47. The van der Waals surface area contributed by atoms with Crippen molar-refractivity contribution in [2.45, 2.75) is 19.1 Å². The first-order chi connectivity index (χ1) is 11.4. The van der Waals surface area contributed by atoms with E-state index < -0.39 is 24.0 Å². The summed E-state index contributed by atoms with van der Waals surface area (Å²) in [4.78, 5) is 35.7. The quantitative estimate of drug-likeness (QED) is 0.683. The molecular weight excluding hydrogens is 332 g/mol. The van der Waals surface area contributed by atoms with Crippen molar-refractivity contribution in [2.24, 2.45) is 0 Å². The third kappa shape index (κ3) is 7.36. The van der Waals surface area contributed by atoms with Crippen molar-refractivity contribution in [2.75, 3.05) is 25.6 Å². The highest BCUT2D eigenvalue weighted by Crippen LogP contribution is 2.03. The zero-order valence-electron chi connectivity index (χ0n) is 13.7. The van der Waals surface area contributed by atoms with Crippen molar-refractivity contribution in [3.8, 4) is 0 Å². The second-order valence-electron chi connectivity index (χ2n) is 5.12. The van der Waals surface area contributed by atoms with Crippen molar-refractivity contribution in [1.29, 1.82) is 0 Å². The third-order valence-electron chi connectivity index (χ3n) is 3.13. The normalized spacial score (nSPS) is 11.4. The number of hydrogen-bond acceptors (Lipinski definition) is 6. The molecule has 0 fully saturated rings. The van der Waals surface area contributed by atoms with E-state index in [1.807, 2.05) is 36.6 Å². The second kappa shape index (κ2) is 10.5. The number of nitrogens with one attached hydrogen (secondary N) is 1. The van der Waals surface area contributed by atoms with Crippen LogP contribution >= 0.6 is 11.8 Å². The SMILES string of the molecule is CSCC[C@H](NC(=O)CN(C)C(=O)OCc1ccccc1)C(=O)[O-]. The fourth-order valence-electron chi connectivity index (χ4n) is 1.83. The molecule has 0 saturated heterocycles. The van der Waals surface area contributed by atoms with Gasteiger partial charge in [-0.2, -0.15) is 11.8 Å². The molecule has 0 aromatic heterocycles. The van der Waals surface area contributed by atoms with Crippen LogP contribution in [-0.4, -0.2) is 54.5 Å². The molecule has 0 aliphatic carbocycles. The lowest BCUT2D eigenvalue weighted by atomic mass is 10.2. The minimum Gasteiger partial charge on any atom is -0.548 e. The zero-order chi connectivity index (χ0) is 17.9. The lowest BCUT2D eigenvalue weighted by Gasteiger charge is -2.22. The second-order valence-corrected chi connectivity index (χ2v) is 6.10. The van der Waals surface area contributed by atoms with Crippen LogP contribution in [0.5, 0.6) is 0 Å². The Kier molecular flexibility index (Phi) is 8.70. The van der Waals surface area contributed by atoms with Gasteiger partial charge in [-0.25, -0.2) is 4.79 Å². The average Bonchev–Trinajstić information content (AvgIpc) is 2.56. The molecule has 0 saturated carbocycles. The highest BCUT2D eigenvalue weighted by Gasteiger charge is 2.18. The van der Waals surface area contributed by atoms with Gasteiger partial charge in [-0.1, -0.05) is 30.3 Å². The topological polar surface area (TPSA) is 98.8 Å². The van der Waals surface area contributed by atoms with Gasteiger partial charge in [0, 0.05) is 7.05 Å². The Labute approximate surface area is 145 Å². The predicted molar refractivity (Wildman–Crippen MR) is 89.2 cm³/mol. The van der Waals surface area contributed by atoms with E-state index in [1.54, 1.807) is 0 Å². The maximum Gasteiger partial charge on any atom is 0.410 e. The minimum atomic E-state index is -1.34. The van der Waals surface area contributed by atoms with Gasteiger partial charge in [0.05, 0.1) is 12.0 Å². The fraction of sp³-hybridized carbons (Fsp3) is 0.438. The van der Waals surface area contributed by atoms with Gasteiger partial charge in [-0.15, -0.1) is 0 Å². The van der Waals surface area contributed by atoms with Crippen LogP contribution in [-0.2, 0) is 20.9 Å². The minimum absolute atomic E-state index is 0.0982. The Bertz CT molecular complexity index is 553. The number of nitrogens with zero attached hydrogens (tertiary/aromatic N) is 1. The van der Waals surface area contributed by atoms with Crippen molar-refractivity contribution in [3.05, 3.63) is 35.9 Å². The van der Waals surface area contributed by atoms with E-state index in [0.717, 1.165) is 10.5 Å². The van der Waals surface area contributed by atoms with Crippen LogP contribution in [0.2, 0.25) is 0 Å². The number of amides is 2. The molecule has 1 atom stereocenters. The molecule has 0 unspecified atom stereocenters. The maximum absolute atomic E-state index is 11.9. The van der Waals surface area contributed by atoms with E-state index in [-0.39, 0.29) is 19.6 Å². The molecule has 7 nitrogen and oxygen atoms in total. The van der Waals surface area contributed by atoms with Gasteiger partial charge in [0.15, 0.2) is 0 Å². The molecule has 1 aromatic carbocycles. The summed E-state index contributed by atoms with van der Waals surface area (Å²) in [5, 5.41) is 13.3. The summed E-state index contributed by atoms with van der Waals surface area (Å²) in [7, 11) is 1.41. The number of ether oxygens (including phenoxy) is 1. The largest absolute Gasteiger partial charge is 0.548 e. The maximum atomic E-state index is 11.9. The van der Waals surface area contributed by atoms with Gasteiger partial charge in [0.2, 0.25) is 5.91 Å². The van der Waals surface area contributed by atoms with Gasteiger partial charge in [0.1, 0.15) is 13.2 Å². The molecule has 1 N–H and O–H groups in total. The van der Waals surface area contributed by atoms with Gasteiger partial charge in [0.25, 0.3) is 0 Å². The number of rotatable bonds is 9. The third-order valence-corrected chi connectivity index (χ3v) is 3.77. The lowest BCUT2D eigenvalue weighted by Crippen LogP contribution is -2.50. The Morgan fingerprint density at radius 2 is 1.96 bits per heavy atom. The number of aliphatic carboxylic acids is 1. The molecule has 1 rings (SSSR count). The molecule has 0 heterocycles. The first-order valence-electron chi connectivity index (χ1n) is 7.35. The van der Waals surface area contributed by atoms with Gasteiger partial charge >= 0.3 is 6.09 Å². The molecule has 0 aliphatic rings. The number of thioether (sulfide) groups is 1. The van der Waals surface area contributed by atoms with Crippen LogP contribution in [0.25, 0.3) is 0 Å². The number of benzene rings is 1. The van der Waals surface area contributed by atoms with Gasteiger partial charge in [-0.05, 0) is 24.0 Å². The predicted octanol–water partition coefficient (Wildman–Crippen LogP) is 0.243. The lowest BCUT2D eigenvalue weighted by molar-refractivity contribution is -0.308. The fourth-order valence-corrected chi connectivity index (χ4v) is 2.31. The summed E-state index contributed by atoms with van der Waals surface area (Å²) < 4.78 is 5.08. The van der Waals surface area contributed by atoms with E-state index in [9.17, 15) is 19.5 Å². The molecule has 132 valence electrons. The molecule has 2 amide bonds. The average molecular weight is 353 g/mol. The summed E-state index contributed by atoms with van der Waals surface area (Å²) in [6.45, 7) is -0.197. The molecule has 0 radical (unpaired) electrons. The van der Waals surface area contributed by atoms with Crippen LogP contribution in [0.1, 0.15) is 12.0 Å². The number of carbonyl (C=O) groups is 3. The molecule has 8 heteroatoms. The Balaban J connectivity index is 2.41. The van der Waals surface area contributed by atoms with E-state index in [4.69, 9.17) is 4.74 Å². The van der Waals surface area contributed by atoms with E-state index >= 15 is 0 Å². The number of carboxylic acids is 1. The number of hydrogen-bond donors (Lipinski definition) is 1. The zero-order valence-corrected chi connectivity index (χ0v) is 14.5. The molecule has 24 heavy (non-hydrogen) atoms. The first-order valence-corrected chi connectivity index (χ1v) is 8.74. The number of likely N-dealkylation sites (N-methyl/N-ethyl adjacent to an activating group) is 1. The van der Waals surface area contributed by atoms with E-state index in [0.29, 0.717) is 5.75 Å². The van der Waals surface area contributed by atoms with Crippen LogP contribution < -0.4 is 10.4 Å². The number of carbonyl (C=O) groups excluding carboxylic acids is 3. The number of carboxylic acid groups (broad SMARTS) is 1. The molecule has 0 spiro atoms. The standard InChI is InChI=1S/C16H22N2O5S/c1-18(16(22)23-11-12-6-4-3-5-7-12)10-14(19)17-13(15(20)21)8-9-24-2/h3-7,13H,8-11H2,1-2H3,(H,17,19)(H,20,21)/p-1/t13-/m0/s1. The van der Waals surface area contributed by atoms with Crippen LogP contribution in [0.4, 0.5) is 4.79 Å². The highest BCUT2D eigenvalue weighted by molar-refractivity contribution is 7.98. The van der Waals surface area contributed by atoms with E-state index in [1.165, 1.54) is 18.8 Å². The Morgan fingerprint density at radius 1 is 1.29 bits per heavy atom. The van der Waals surface area contributed by atoms with Crippen LogP contribution in [0, 0.1) is 0 Å². The van der Waals surface area contributed by atoms with Gasteiger partial charge < -0.3 is 24.9 Å². The van der Waals surface area contributed by atoms with Crippen LogP contribution in [0.3, 0.4) is 0 Å². The molecular formula is C16H21N2O5S-. The summed E-state index contributed by atoms with van der Waals surface area (Å²) in [5.41, 5.74) is 0.831. The summed E-state index contributed by atoms with van der Waals surface area (Å²) in [5.74, 6) is -1.34. The summed E-state index contributed by atoms with van der Waals surface area (Å²) in [6, 6.07) is 8.07. The first kappa shape index (κ1) is 19.8. The molecule has 0 bridgehead atoms. The summed E-state index contributed by atoms with van der Waals surface area (Å²) in [6.07, 6.45) is 1.44. The Morgan fingerprint density at radius 3 is 2.54 bits per heavy atom. The van der Waals surface area contributed by atoms with Crippen molar-refractivity contribution >= 4 is 29.7 Å². The Hall–Kier alpha value is -2.22. The smallest absolute Gasteiger partial charge is 0.410 e.